The van der Waals surface area contributed by atoms with Gasteiger partial charge in [0.1, 0.15) is 11.4 Å². The summed E-state index contributed by atoms with van der Waals surface area (Å²) < 4.78 is 5.48. The summed E-state index contributed by atoms with van der Waals surface area (Å²) >= 11 is 0. The van der Waals surface area contributed by atoms with E-state index in [0.29, 0.717) is 29.2 Å². The van der Waals surface area contributed by atoms with Crippen molar-refractivity contribution in [3.05, 3.63) is 96.0 Å². The molecule has 10 heteroatoms. The van der Waals surface area contributed by atoms with Crippen LogP contribution in [0.1, 0.15) is 61.0 Å². The number of aliphatic hydroxyl groups excluding tert-OH is 1. The molecule has 4 aromatic rings. The minimum Gasteiger partial charge on any atom is -0.394 e. The van der Waals surface area contributed by atoms with Crippen LogP contribution in [-0.4, -0.2) is 49.3 Å². The molecule has 0 saturated heterocycles. The van der Waals surface area contributed by atoms with Crippen LogP contribution in [-0.2, 0) is 11.1 Å². The normalized spacial score (nSPS) is 15.0. The van der Waals surface area contributed by atoms with Crippen molar-refractivity contribution in [1.29, 1.82) is 0 Å². The van der Waals surface area contributed by atoms with Gasteiger partial charge in [0.2, 0.25) is 5.82 Å². The zero-order chi connectivity index (χ0) is 29.4. The number of hydrogen-bond acceptors (Lipinski definition) is 9. The lowest BCUT2D eigenvalue weighted by Gasteiger charge is -2.31. The molecule has 10 nitrogen and oxygen atoms in total. The molecule has 3 heterocycles. The molecule has 4 N–H and O–H groups in total. The van der Waals surface area contributed by atoms with Crippen molar-refractivity contribution in [1.82, 2.24) is 20.0 Å². The van der Waals surface area contributed by atoms with Gasteiger partial charge >= 0.3 is 0 Å². The maximum Gasteiger partial charge on any atom is 0.261 e. The van der Waals surface area contributed by atoms with Crippen LogP contribution in [0.3, 0.4) is 0 Å². The smallest absolute Gasteiger partial charge is 0.261 e. The molecule has 1 aliphatic heterocycles. The Morgan fingerprint density at radius 2 is 1.90 bits per heavy atom. The van der Waals surface area contributed by atoms with Crippen molar-refractivity contribution in [2.45, 2.75) is 44.9 Å². The number of fused-ring (bicyclic) bond motifs is 1. The number of aromatic nitrogens is 3. The highest BCUT2D eigenvalue weighted by Gasteiger charge is 2.42. The minimum absolute atomic E-state index is 0.0219. The second kappa shape index (κ2) is 10.8. The fourth-order valence-corrected chi connectivity index (χ4v) is 4.95. The number of rotatable bonds is 10. The molecule has 0 fully saturated rings. The lowest BCUT2D eigenvalue weighted by atomic mass is 9.93. The van der Waals surface area contributed by atoms with Crippen LogP contribution in [0.2, 0.25) is 0 Å². The number of pyridine rings is 1. The minimum atomic E-state index is -1.29. The Labute approximate surface area is 238 Å². The number of nitrogens with zero attached hydrogens (tertiary/aromatic N) is 4. The average Bonchev–Trinajstić information content (AvgIpc) is 3.51. The Balaban J connectivity index is 1.51. The van der Waals surface area contributed by atoms with E-state index in [0.717, 1.165) is 16.8 Å². The number of hydrogen-bond donors (Lipinski definition) is 4. The predicted octanol–water partition coefficient (Wildman–Crippen LogP) is 5.13. The molecule has 0 spiro atoms. The Bertz CT molecular complexity index is 1580. The number of anilines is 3. The van der Waals surface area contributed by atoms with E-state index in [1.807, 2.05) is 62.4 Å². The second-order valence-corrected chi connectivity index (χ2v) is 11.0. The number of nitrogens with one attached hydrogen (secondary N) is 2. The summed E-state index contributed by atoms with van der Waals surface area (Å²) in [5.74, 6) is 0.816. The Morgan fingerprint density at radius 3 is 2.56 bits per heavy atom. The molecule has 1 aliphatic rings. The van der Waals surface area contributed by atoms with Crippen LogP contribution in [0.25, 0.3) is 11.5 Å². The lowest BCUT2D eigenvalue weighted by molar-refractivity contribution is 0.0649. The van der Waals surface area contributed by atoms with E-state index in [2.05, 4.69) is 32.3 Å². The molecular weight excluding hydrogens is 520 g/mol. The van der Waals surface area contributed by atoms with E-state index in [1.54, 1.807) is 37.1 Å². The number of carbonyl (C=O) groups excluding carboxylic acids is 1. The van der Waals surface area contributed by atoms with Crippen LogP contribution >= 0.6 is 0 Å². The predicted molar refractivity (Wildman–Crippen MR) is 157 cm³/mol. The van der Waals surface area contributed by atoms with Gasteiger partial charge in [-0.3, -0.25) is 4.79 Å². The van der Waals surface area contributed by atoms with Crippen LogP contribution in [0.4, 0.5) is 17.2 Å². The van der Waals surface area contributed by atoms with E-state index in [-0.39, 0.29) is 24.2 Å². The van der Waals surface area contributed by atoms with Gasteiger partial charge in [-0.25, -0.2) is 4.98 Å². The van der Waals surface area contributed by atoms with Gasteiger partial charge in [0.05, 0.1) is 29.4 Å². The van der Waals surface area contributed by atoms with Crippen LogP contribution in [0.15, 0.2) is 78.0 Å². The van der Waals surface area contributed by atoms with E-state index in [1.165, 1.54) is 0 Å². The monoisotopic (exact) mass is 554 g/mol. The van der Waals surface area contributed by atoms with Crippen LogP contribution in [0.5, 0.6) is 0 Å². The highest BCUT2D eigenvalue weighted by molar-refractivity contribution is 6.00. The number of amides is 1. The summed E-state index contributed by atoms with van der Waals surface area (Å²) in [5, 5.41) is 31.2. The molecule has 2 aromatic heterocycles. The third-order valence-electron chi connectivity index (χ3n) is 7.23. The van der Waals surface area contributed by atoms with Crippen molar-refractivity contribution in [2.24, 2.45) is 0 Å². The second-order valence-electron chi connectivity index (χ2n) is 11.0. The zero-order valence-corrected chi connectivity index (χ0v) is 23.5. The van der Waals surface area contributed by atoms with Crippen molar-refractivity contribution in [3.8, 4) is 11.5 Å². The van der Waals surface area contributed by atoms with Gasteiger partial charge < -0.3 is 30.3 Å². The summed E-state index contributed by atoms with van der Waals surface area (Å²) in [6.45, 7) is 11.3. The molecule has 0 radical (unpaired) electrons. The van der Waals surface area contributed by atoms with Gasteiger partial charge in [0.15, 0.2) is 0 Å². The van der Waals surface area contributed by atoms with Gasteiger partial charge in [-0.15, -0.1) is 6.58 Å². The number of benzene rings is 2. The average molecular weight is 555 g/mol. The zero-order valence-electron chi connectivity index (χ0n) is 23.5. The topological polar surface area (TPSA) is 137 Å². The first-order valence-electron chi connectivity index (χ1n) is 13.4. The number of carbonyl (C=O) groups is 1. The van der Waals surface area contributed by atoms with Crippen molar-refractivity contribution < 1.29 is 19.5 Å². The molecule has 0 aliphatic carbocycles. The highest BCUT2D eigenvalue weighted by atomic mass is 16.5. The molecule has 5 rings (SSSR count). The molecule has 212 valence electrons. The Morgan fingerprint density at radius 1 is 1.15 bits per heavy atom. The SMILES string of the molecule is C=CCN1C(=O)c2ccc(Nc3cc(N[C@H](CO)c4ccccc4)c(-c4nc(C(C)(C)O)no4)cn3)cc2C1(C)C. The van der Waals surface area contributed by atoms with Crippen molar-refractivity contribution in [2.75, 3.05) is 23.8 Å². The van der Waals surface area contributed by atoms with Crippen molar-refractivity contribution in [3.63, 3.8) is 0 Å². The van der Waals surface area contributed by atoms with E-state index in [9.17, 15) is 15.0 Å². The van der Waals surface area contributed by atoms with E-state index >= 15 is 0 Å². The fraction of sp³-hybridized carbons (Fsp3) is 0.290. The van der Waals surface area contributed by atoms with Gasteiger partial charge in [-0.05, 0) is 57.0 Å². The third-order valence-corrected chi connectivity index (χ3v) is 7.23. The first-order chi connectivity index (χ1) is 19.5. The summed E-state index contributed by atoms with van der Waals surface area (Å²) in [6, 6.07) is 16.6. The molecule has 41 heavy (non-hydrogen) atoms. The molecule has 0 bridgehead atoms. The summed E-state index contributed by atoms with van der Waals surface area (Å²) in [4.78, 5) is 23.7. The maximum atomic E-state index is 13.0. The van der Waals surface area contributed by atoms with Gasteiger partial charge in [-0.2, -0.15) is 4.98 Å². The third kappa shape index (κ3) is 5.44. The lowest BCUT2D eigenvalue weighted by Crippen LogP contribution is -2.39. The maximum absolute atomic E-state index is 13.0. The quantitative estimate of drug-likeness (QED) is 0.197. The first kappa shape index (κ1) is 28.0. The Hall–Kier alpha value is -4.54. The fourth-order valence-electron chi connectivity index (χ4n) is 4.95. The van der Waals surface area contributed by atoms with Crippen LogP contribution in [0, 0.1) is 0 Å². The molecule has 2 aromatic carbocycles. The first-order valence-corrected chi connectivity index (χ1v) is 13.4. The van der Waals surface area contributed by atoms with Crippen LogP contribution < -0.4 is 10.6 Å². The van der Waals surface area contributed by atoms with Gasteiger partial charge in [0.25, 0.3) is 11.8 Å². The highest BCUT2D eigenvalue weighted by Crippen LogP contribution is 2.40. The standard InChI is InChI=1S/C31H34N6O4/c1-6-14-37-28(39)21-13-12-20(15-23(21)30(37,2)3)33-26-16-24(34-25(18-38)19-10-8-7-9-11-19)22(17-32-26)27-35-29(36-41-27)31(4,5)40/h6-13,15-17,25,38,40H,1,14,18H2,2-5H3,(H2,32,33,34)/t25-/m1/s1. The summed E-state index contributed by atoms with van der Waals surface area (Å²) in [5.41, 5.74) is 2.55. The van der Waals surface area contributed by atoms with Gasteiger partial charge in [-0.1, -0.05) is 41.6 Å². The molecule has 0 unspecified atom stereocenters. The van der Waals surface area contributed by atoms with Gasteiger partial charge in [0, 0.05) is 30.1 Å². The molecule has 0 saturated carbocycles. The summed E-state index contributed by atoms with van der Waals surface area (Å²) in [6.07, 6.45) is 3.33. The summed E-state index contributed by atoms with van der Waals surface area (Å²) in [7, 11) is 0. The largest absolute Gasteiger partial charge is 0.394 e. The van der Waals surface area contributed by atoms with Crippen molar-refractivity contribution >= 4 is 23.1 Å². The molecular formula is C31H34N6O4. The van der Waals surface area contributed by atoms with E-state index < -0.39 is 17.2 Å². The number of aliphatic hydroxyl groups is 2. The van der Waals surface area contributed by atoms with E-state index in [4.69, 9.17) is 4.52 Å². The molecule has 1 amide bonds. The molecule has 1 atom stereocenters. The Kier molecular flexibility index (Phi) is 7.37.